The van der Waals surface area contributed by atoms with E-state index in [-0.39, 0.29) is 5.41 Å². The molecule has 12 heavy (non-hydrogen) atoms. The molecule has 0 aromatic heterocycles. The number of thiol groups is 1. The van der Waals surface area contributed by atoms with Crippen LogP contribution in [0.15, 0.2) is 41.8 Å². The van der Waals surface area contributed by atoms with Crippen molar-refractivity contribution in [3.63, 3.8) is 0 Å². The van der Waals surface area contributed by atoms with Crippen LogP contribution in [0.2, 0.25) is 0 Å². The molecule has 1 heteroatoms. The molecule has 0 bridgehead atoms. The van der Waals surface area contributed by atoms with Crippen molar-refractivity contribution in [1.82, 2.24) is 0 Å². The summed E-state index contributed by atoms with van der Waals surface area (Å²) in [5.74, 6) is 0. The fourth-order valence-corrected chi connectivity index (χ4v) is 1.58. The maximum absolute atomic E-state index is 4.40. The molecule has 1 aromatic rings. The predicted octanol–water partition coefficient (Wildman–Crippen LogP) is 3.44. The molecule has 0 radical (unpaired) electrons. The van der Waals surface area contributed by atoms with E-state index < -0.39 is 0 Å². The summed E-state index contributed by atoms with van der Waals surface area (Å²) in [6, 6.07) is 8.11. The van der Waals surface area contributed by atoms with Gasteiger partial charge in [-0.05, 0) is 11.6 Å². The molecule has 64 valence electrons. The molecule has 0 unspecified atom stereocenters. The van der Waals surface area contributed by atoms with Gasteiger partial charge in [0.05, 0.1) is 0 Å². The smallest absolute Gasteiger partial charge is 0.00836 e. The second-order valence-corrected chi connectivity index (χ2v) is 3.92. The lowest BCUT2D eigenvalue weighted by Gasteiger charge is -2.21. The number of hydrogen-bond donors (Lipinski definition) is 1. The zero-order valence-electron chi connectivity index (χ0n) is 7.54. The van der Waals surface area contributed by atoms with Gasteiger partial charge in [-0.15, -0.1) is 19.2 Å². The molecule has 1 aromatic carbocycles. The van der Waals surface area contributed by atoms with Crippen LogP contribution in [-0.4, -0.2) is 0 Å². The van der Waals surface area contributed by atoms with Crippen molar-refractivity contribution in [3.8, 4) is 0 Å². The Morgan fingerprint density at radius 1 is 1.33 bits per heavy atom. The van der Waals surface area contributed by atoms with Gasteiger partial charge in [-0.1, -0.05) is 38.1 Å². The van der Waals surface area contributed by atoms with E-state index in [0.29, 0.717) is 0 Å². The van der Waals surface area contributed by atoms with Crippen LogP contribution in [0.3, 0.4) is 0 Å². The van der Waals surface area contributed by atoms with Gasteiger partial charge in [0.2, 0.25) is 0 Å². The van der Waals surface area contributed by atoms with E-state index in [1.165, 1.54) is 5.56 Å². The molecule has 0 aliphatic rings. The Morgan fingerprint density at radius 2 is 1.92 bits per heavy atom. The fourth-order valence-electron chi connectivity index (χ4n) is 1.13. The van der Waals surface area contributed by atoms with Gasteiger partial charge >= 0.3 is 0 Å². The third kappa shape index (κ3) is 1.72. The first-order valence-electron chi connectivity index (χ1n) is 4.00. The summed E-state index contributed by atoms with van der Waals surface area (Å²) >= 11 is 4.40. The van der Waals surface area contributed by atoms with Gasteiger partial charge in [0, 0.05) is 10.3 Å². The highest BCUT2D eigenvalue weighted by Crippen LogP contribution is 2.28. The van der Waals surface area contributed by atoms with Crippen molar-refractivity contribution in [1.29, 1.82) is 0 Å². The van der Waals surface area contributed by atoms with Gasteiger partial charge in [-0.25, -0.2) is 0 Å². The molecule has 0 N–H and O–H groups in total. The molecule has 0 fully saturated rings. The lowest BCUT2D eigenvalue weighted by atomic mass is 9.85. The average Bonchev–Trinajstić information content (AvgIpc) is 2.05. The highest BCUT2D eigenvalue weighted by atomic mass is 32.1. The van der Waals surface area contributed by atoms with Crippen molar-refractivity contribution in [2.75, 3.05) is 0 Å². The SMILES string of the molecule is C=CC(C)(C)c1ccccc1S. The number of benzene rings is 1. The minimum absolute atomic E-state index is 0.0122. The normalized spacial score (nSPS) is 11.2. The molecule has 0 saturated carbocycles. The first-order chi connectivity index (χ1) is 5.58. The van der Waals surface area contributed by atoms with E-state index in [1.54, 1.807) is 0 Å². The standard InChI is InChI=1S/C11H14S/c1-4-11(2,3)9-7-5-6-8-10(9)12/h4-8,12H,1H2,2-3H3. The molecule has 0 heterocycles. The van der Waals surface area contributed by atoms with Crippen LogP contribution in [0.1, 0.15) is 19.4 Å². The van der Waals surface area contributed by atoms with Gasteiger partial charge in [0.1, 0.15) is 0 Å². The Kier molecular flexibility index (Phi) is 2.63. The van der Waals surface area contributed by atoms with Crippen molar-refractivity contribution >= 4 is 12.6 Å². The summed E-state index contributed by atoms with van der Waals surface area (Å²) in [5.41, 5.74) is 1.24. The first kappa shape index (κ1) is 9.40. The average molecular weight is 178 g/mol. The molecular formula is C11H14S. The van der Waals surface area contributed by atoms with Crippen LogP contribution >= 0.6 is 12.6 Å². The summed E-state index contributed by atoms with van der Waals surface area (Å²) in [4.78, 5) is 1.03. The molecule has 0 atom stereocenters. The monoisotopic (exact) mass is 178 g/mol. The highest BCUT2D eigenvalue weighted by molar-refractivity contribution is 7.80. The van der Waals surface area contributed by atoms with Gasteiger partial charge < -0.3 is 0 Å². The maximum Gasteiger partial charge on any atom is 0.00836 e. The van der Waals surface area contributed by atoms with Gasteiger partial charge in [0.15, 0.2) is 0 Å². The molecular weight excluding hydrogens is 164 g/mol. The second kappa shape index (κ2) is 3.36. The van der Waals surface area contributed by atoms with Crippen LogP contribution in [0, 0.1) is 0 Å². The van der Waals surface area contributed by atoms with Crippen molar-refractivity contribution < 1.29 is 0 Å². The number of allylic oxidation sites excluding steroid dienone is 1. The summed E-state index contributed by atoms with van der Waals surface area (Å²) in [6.45, 7) is 8.08. The van der Waals surface area contributed by atoms with Crippen LogP contribution in [0.4, 0.5) is 0 Å². The Bertz CT molecular complexity index is 287. The van der Waals surface area contributed by atoms with Crippen molar-refractivity contribution in [2.24, 2.45) is 0 Å². The van der Waals surface area contributed by atoms with E-state index in [1.807, 2.05) is 24.3 Å². The fraction of sp³-hybridized carbons (Fsp3) is 0.273. The Morgan fingerprint density at radius 3 is 2.42 bits per heavy atom. The van der Waals surface area contributed by atoms with Gasteiger partial charge in [-0.3, -0.25) is 0 Å². The molecule has 0 amide bonds. The zero-order valence-corrected chi connectivity index (χ0v) is 8.44. The third-order valence-corrected chi connectivity index (χ3v) is 2.50. The molecule has 0 saturated heterocycles. The second-order valence-electron chi connectivity index (χ2n) is 3.44. The van der Waals surface area contributed by atoms with Crippen LogP contribution < -0.4 is 0 Å². The lowest BCUT2D eigenvalue weighted by molar-refractivity contribution is 0.657. The molecule has 0 spiro atoms. The molecule has 0 nitrogen and oxygen atoms in total. The summed E-state index contributed by atoms with van der Waals surface area (Å²) in [6.07, 6.45) is 1.95. The van der Waals surface area contributed by atoms with Crippen LogP contribution in [0.25, 0.3) is 0 Å². The van der Waals surface area contributed by atoms with E-state index >= 15 is 0 Å². The lowest BCUT2D eigenvalue weighted by Crippen LogP contribution is -2.13. The summed E-state index contributed by atoms with van der Waals surface area (Å²) < 4.78 is 0. The van der Waals surface area contributed by atoms with Crippen molar-refractivity contribution in [3.05, 3.63) is 42.5 Å². The Hall–Kier alpha value is -0.690. The highest BCUT2D eigenvalue weighted by Gasteiger charge is 2.17. The predicted molar refractivity (Wildman–Crippen MR) is 56.9 cm³/mol. The zero-order chi connectivity index (χ0) is 9.19. The molecule has 1 rings (SSSR count). The Labute approximate surface area is 79.7 Å². The minimum Gasteiger partial charge on any atom is -0.143 e. The van der Waals surface area contributed by atoms with Crippen LogP contribution in [0.5, 0.6) is 0 Å². The molecule has 0 aliphatic carbocycles. The first-order valence-corrected chi connectivity index (χ1v) is 4.45. The number of hydrogen-bond acceptors (Lipinski definition) is 1. The van der Waals surface area contributed by atoms with E-state index in [9.17, 15) is 0 Å². The summed E-state index contributed by atoms with van der Waals surface area (Å²) in [5, 5.41) is 0. The third-order valence-electron chi connectivity index (χ3n) is 2.11. The topological polar surface area (TPSA) is 0 Å². The maximum atomic E-state index is 4.40. The van der Waals surface area contributed by atoms with Crippen molar-refractivity contribution in [2.45, 2.75) is 24.2 Å². The van der Waals surface area contributed by atoms with Crippen LogP contribution in [-0.2, 0) is 5.41 Å². The summed E-state index contributed by atoms with van der Waals surface area (Å²) in [7, 11) is 0. The largest absolute Gasteiger partial charge is 0.143 e. The van der Waals surface area contributed by atoms with Gasteiger partial charge in [0.25, 0.3) is 0 Å². The Balaban J connectivity index is 3.19. The van der Waals surface area contributed by atoms with E-state index in [0.717, 1.165) is 4.90 Å². The number of rotatable bonds is 2. The quantitative estimate of drug-likeness (QED) is 0.520. The molecule has 0 aliphatic heterocycles. The van der Waals surface area contributed by atoms with E-state index in [4.69, 9.17) is 0 Å². The van der Waals surface area contributed by atoms with E-state index in [2.05, 4.69) is 39.1 Å². The minimum atomic E-state index is 0.0122. The van der Waals surface area contributed by atoms with Gasteiger partial charge in [-0.2, -0.15) is 0 Å².